The standard InChI is InChI=1S/C21H28N4O5/c1-14-18(21(27)30-11-10-28-3)15(2)24-19(14)20(26)23-13-16-4-5-22-17(12-16)25-6-8-29-9-7-25/h4-5,12,24H,6-11,13H2,1-3H3,(H,23,26). The molecule has 2 N–H and O–H groups in total. The molecule has 1 fully saturated rings. The second-order valence-electron chi connectivity index (χ2n) is 7.06. The Morgan fingerprint density at radius 2 is 2.03 bits per heavy atom. The van der Waals surface area contributed by atoms with Gasteiger partial charge in [-0.25, -0.2) is 9.78 Å². The minimum atomic E-state index is -0.471. The molecule has 9 heteroatoms. The van der Waals surface area contributed by atoms with Crippen LogP contribution >= 0.6 is 0 Å². The summed E-state index contributed by atoms with van der Waals surface area (Å²) in [5.41, 5.74) is 2.85. The number of morpholine rings is 1. The molecule has 3 rings (SSSR count). The van der Waals surface area contributed by atoms with Gasteiger partial charge in [0.05, 0.1) is 25.4 Å². The van der Waals surface area contributed by atoms with E-state index in [9.17, 15) is 9.59 Å². The summed E-state index contributed by atoms with van der Waals surface area (Å²) in [5, 5.41) is 2.90. The number of hydrogen-bond donors (Lipinski definition) is 2. The van der Waals surface area contributed by atoms with E-state index in [1.165, 1.54) is 7.11 Å². The number of aromatic amines is 1. The summed E-state index contributed by atoms with van der Waals surface area (Å²) < 4.78 is 15.5. The number of pyridine rings is 1. The molecule has 0 saturated carbocycles. The number of carbonyl (C=O) groups excluding carboxylic acids is 2. The number of nitrogens with zero attached hydrogens (tertiary/aromatic N) is 2. The van der Waals surface area contributed by atoms with Gasteiger partial charge in [-0.15, -0.1) is 0 Å². The lowest BCUT2D eigenvalue weighted by Gasteiger charge is -2.28. The summed E-state index contributed by atoms with van der Waals surface area (Å²) >= 11 is 0. The molecule has 0 aliphatic carbocycles. The van der Waals surface area contributed by atoms with E-state index in [0.717, 1.165) is 24.5 Å². The number of aromatic nitrogens is 2. The summed E-state index contributed by atoms with van der Waals surface area (Å²) in [7, 11) is 1.54. The van der Waals surface area contributed by atoms with Crippen molar-refractivity contribution in [2.24, 2.45) is 0 Å². The fraction of sp³-hybridized carbons (Fsp3) is 0.476. The minimum absolute atomic E-state index is 0.161. The summed E-state index contributed by atoms with van der Waals surface area (Å²) in [6, 6.07) is 3.84. The summed E-state index contributed by atoms with van der Waals surface area (Å²) in [6.45, 7) is 7.27. The van der Waals surface area contributed by atoms with E-state index < -0.39 is 5.97 Å². The first-order valence-corrected chi connectivity index (χ1v) is 9.92. The van der Waals surface area contributed by atoms with Gasteiger partial charge in [-0.1, -0.05) is 0 Å². The average Bonchev–Trinajstić information content (AvgIpc) is 3.07. The number of amides is 1. The van der Waals surface area contributed by atoms with Crippen LogP contribution in [-0.2, 0) is 20.8 Å². The van der Waals surface area contributed by atoms with Gasteiger partial charge in [0.1, 0.15) is 18.1 Å². The zero-order chi connectivity index (χ0) is 21.5. The van der Waals surface area contributed by atoms with Crippen molar-refractivity contribution < 1.29 is 23.8 Å². The van der Waals surface area contributed by atoms with Crippen LogP contribution in [0.2, 0.25) is 0 Å². The Hall–Kier alpha value is -2.91. The van der Waals surface area contributed by atoms with Crippen LogP contribution < -0.4 is 10.2 Å². The van der Waals surface area contributed by atoms with Crippen molar-refractivity contribution >= 4 is 17.7 Å². The SMILES string of the molecule is COCCOC(=O)c1c(C)[nH]c(C(=O)NCc2ccnc(N3CCOCC3)c2)c1C. The van der Waals surface area contributed by atoms with E-state index in [0.29, 0.717) is 48.9 Å². The topological polar surface area (TPSA) is 106 Å². The van der Waals surface area contributed by atoms with Crippen molar-refractivity contribution in [2.75, 3.05) is 51.5 Å². The van der Waals surface area contributed by atoms with Gasteiger partial charge >= 0.3 is 5.97 Å². The molecule has 1 amide bonds. The lowest BCUT2D eigenvalue weighted by Crippen LogP contribution is -2.36. The summed E-state index contributed by atoms with van der Waals surface area (Å²) in [6.07, 6.45) is 1.74. The molecular formula is C21H28N4O5. The van der Waals surface area contributed by atoms with E-state index in [1.54, 1.807) is 20.0 Å². The molecule has 9 nitrogen and oxygen atoms in total. The third-order valence-corrected chi connectivity index (χ3v) is 4.99. The van der Waals surface area contributed by atoms with Crippen LogP contribution in [0.15, 0.2) is 18.3 Å². The summed E-state index contributed by atoms with van der Waals surface area (Å²) in [5.74, 6) is 0.121. The Labute approximate surface area is 175 Å². The van der Waals surface area contributed by atoms with Crippen LogP contribution in [-0.4, -0.2) is 68.5 Å². The van der Waals surface area contributed by atoms with E-state index in [1.807, 2.05) is 12.1 Å². The Morgan fingerprint density at radius 1 is 1.27 bits per heavy atom. The zero-order valence-electron chi connectivity index (χ0n) is 17.6. The number of hydrogen-bond acceptors (Lipinski definition) is 7. The molecular weight excluding hydrogens is 388 g/mol. The molecule has 0 aromatic carbocycles. The first-order valence-electron chi connectivity index (χ1n) is 9.92. The van der Waals surface area contributed by atoms with Gasteiger partial charge < -0.3 is 29.4 Å². The highest BCUT2D eigenvalue weighted by Crippen LogP contribution is 2.19. The third-order valence-electron chi connectivity index (χ3n) is 4.99. The van der Waals surface area contributed by atoms with Gasteiger partial charge in [0.15, 0.2) is 0 Å². The first kappa shape index (κ1) is 21.8. The smallest absolute Gasteiger partial charge is 0.340 e. The highest BCUT2D eigenvalue weighted by atomic mass is 16.6. The van der Waals surface area contributed by atoms with Gasteiger partial charge in [0.2, 0.25) is 0 Å². The number of esters is 1. The number of carbonyl (C=O) groups is 2. The fourth-order valence-corrected chi connectivity index (χ4v) is 3.38. The Balaban J connectivity index is 1.64. The Kier molecular flexibility index (Phi) is 7.42. The molecule has 30 heavy (non-hydrogen) atoms. The van der Waals surface area contributed by atoms with E-state index >= 15 is 0 Å². The molecule has 0 radical (unpaired) electrons. The third kappa shape index (κ3) is 5.17. The first-order chi connectivity index (χ1) is 14.5. The second kappa shape index (κ2) is 10.2. The lowest BCUT2D eigenvalue weighted by atomic mass is 10.1. The lowest BCUT2D eigenvalue weighted by molar-refractivity contribution is 0.0386. The van der Waals surface area contributed by atoms with Gasteiger partial charge in [-0.05, 0) is 37.1 Å². The van der Waals surface area contributed by atoms with Crippen molar-refractivity contribution in [3.8, 4) is 0 Å². The molecule has 2 aromatic heterocycles. The highest BCUT2D eigenvalue weighted by Gasteiger charge is 2.23. The van der Waals surface area contributed by atoms with E-state index in [2.05, 4.69) is 20.2 Å². The second-order valence-corrected chi connectivity index (χ2v) is 7.06. The number of anilines is 1. The maximum absolute atomic E-state index is 12.7. The average molecular weight is 416 g/mol. The maximum Gasteiger partial charge on any atom is 0.340 e. The maximum atomic E-state index is 12.7. The molecule has 0 unspecified atom stereocenters. The van der Waals surface area contributed by atoms with E-state index in [-0.39, 0.29) is 12.5 Å². The van der Waals surface area contributed by atoms with Crippen LogP contribution in [0.5, 0.6) is 0 Å². The van der Waals surface area contributed by atoms with Gasteiger partial charge in [0, 0.05) is 38.6 Å². The number of H-pyrrole nitrogens is 1. The quantitative estimate of drug-likeness (QED) is 0.497. The number of nitrogens with one attached hydrogen (secondary N) is 2. The molecule has 0 bridgehead atoms. The Bertz CT molecular complexity index is 890. The molecule has 2 aromatic rings. The van der Waals surface area contributed by atoms with Gasteiger partial charge in [-0.3, -0.25) is 4.79 Å². The predicted octanol–water partition coefficient (Wildman–Crippen LogP) is 1.60. The number of ether oxygens (including phenoxy) is 3. The van der Waals surface area contributed by atoms with E-state index in [4.69, 9.17) is 14.2 Å². The summed E-state index contributed by atoms with van der Waals surface area (Å²) in [4.78, 5) is 34.6. The molecule has 0 spiro atoms. The molecule has 3 heterocycles. The van der Waals surface area contributed by atoms with Gasteiger partial charge in [-0.2, -0.15) is 0 Å². The van der Waals surface area contributed by atoms with Crippen molar-refractivity contribution in [1.82, 2.24) is 15.3 Å². The number of methoxy groups -OCH3 is 1. The highest BCUT2D eigenvalue weighted by molar-refractivity contribution is 6.00. The zero-order valence-corrected chi connectivity index (χ0v) is 17.6. The molecule has 162 valence electrons. The van der Waals surface area contributed by atoms with Crippen molar-refractivity contribution in [3.05, 3.63) is 46.4 Å². The molecule has 1 aliphatic rings. The monoisotopic (exact) mass is 416 g/mol. The van der Waals surface area contributed by atoms with Crippen LogP contribution in [0, 0.1) is 13.8 Å². The number of aryl methyl sites for hydroxylation is 1. The van der Waals surface area contributed by atoms with Gasteiger partial charge in [0.25, 0.3) is 5.91 Å². The van der Waals surface area contributed by atoms with Crippen molar-refractivity contribution in [3.63, 3.8) is 0 Å². The molecule has 1 saturated heterocycles. The minimum Gasteiger partial charge on any atom is -0.460 e. The van der Waals surface area contributed by atoms with Crippen LogP contribution in [0.1, 0.15) is 37.7 Å². The molecule has 0 atom stereocenters. The molecule has 1 aliphatic heterocycles. The van der Waals surface area contributed by atoms with Crippen molar-refractivity contribution in [1.29, 1.82) is 0 Å². The predicted molar refractivity (Wildman–Crippen MR) is 111 cm³/mol. The van der Waals surface area contributed by atoms with Crippen LogP contribution in [0.4, 0.5) is 5.82 Å². The largest absolute Gasteiger partial charge is 0.460 e. The Morgan fingerprint density at radius 3 is 2.77 bits per heavy atom. The van der Waals surface area contributed by atoms with Crippen LogP contribution in [0.25, 0.3) is 0 Å². The fourth-order valence-electron chi connectivity index (χ4n) is 3.38. The number of rotatable bonds is 8. The van der Waals surface area contributed by atoms with Crippen molar-refractivity contribution in [2.45, 2.75) is 20.4 Å². The normalized spacial score (nSPS) is 13.9. The van der Waals surface area contributed by atoms with Crippen LogP contribution in [0.3, 0.4) is 0 Å².